The Kier molecular flexibility index (Phi) is 10.1. The van der Waals surface area contributed by atoms with Crippen LogP contribution in [0.2, 0.25) is 0 Å². The first-order chi connectivity index (χ1) is 23.1. The van der Waals surface area contributed by atoms with Crippen molar-refractivity contribution < 1.29 is 51.6 Å². The second kappa shape index (κ2) is 14.7. The van der Waals surface area contributed by atoms with Gasteiger partial charge >= 0.3 is 42.1 Å². The van der Waals surface area contributed by atoms with E-state index in [1.54, 1.807) is 30.9 Å². The summed E-state index contributed by atoms with van der Waals surface area (Å²) in [5.74, 6) is 2.75. The smallest absolute Gasteiger partial charge is 0.503 e. The Balaban J connectivity index is 0.00000208. The van der Waals surface area contributed by atoms with Gasteiger partial charge < -0.3 is 24.0 Å². The molecule has 0 aliphatic rings. The van der Waals surface area contributed by atoms with Gasteiger partial charge in [0.25, 0.3) is 0 Å². The normalized spacial score (nSPS) is 10.7. The van der Waals surface area contributed by atoms with E-state index in [1.165, 1.54) is 0 Å². The van der Waals surface area contributed by atoms with E-state index in [1.807, 2.05) is 91.2 Å². The molecule has 0 fully saturated rings. The van der Waals surface area contributed by atoms with Crippen LogP contribution in [0.1, 0.15) is 11.1 Å². The summed E-state index contributed by atoms with van der Waals surface area (Å²) in [7, 11) is 0. The van der Waals surface area contributed by atoms with Gasteiger partial charge in [0.2, 0.25) is 5.95 Å². The van der Waals surface area contributed by atoms with Gasteiger partial charge in [-0.2, -0.15) is 22.9 Å². The van der Waals surface area contributed by atoms with Gasteiger partial charge in [0.05, 0.1) is 0 Å². The second-order valence-electron chi connectivity index (χ2n) is 11.0. The average molecular weight is 998 g/mol. The van der Waals surface area contributed by atoms with Crippen LogP contribution in [-0.2, 0) is 42.1 Å². The maximum atomic E-state index is 6.40. The Labute approximate surface area is 312 Å². The predicted octanol–water partition coefficient (Wildman–Crippen LogP) is 9.09. The maximum Gasteiger partial charge on any atom is 2.00 e. The van der Waals surface area contributed by atoms with Gasteiger partial charge in [-0.25, -0.2) is 9.97 Å². The van der Waals surface area contributed by atoms with Crippen molar-refractivity contribution in [2.75, 3.05) is 0 Å². The number of hydrogen-bond acceptors (Lipinski definition) is 6. The van der Waals surface area contributed by atoms with Crippen molar-refractivity contribution in [1.82, 2.24) is 24.5 Å². The largest absolute Gasteiger partial charge is 2.00 e. The monoisotopic (exact) mass is 997 g/mol. The van der Waals surface area contributed by atoms with Crippen LogP contribution in [0.3, 0.4) is 0 Å². The predicted molar refractivity (Wildman–Crippen MR) is 181 cm³/mol. The molecule has 4 heterocycles. The van der Waals surface area contributed by atoms with E-state index in [-0.39, 0.29) is 42.1 Å². The fourth-order valence-corrected chi connectivity index (χ4v) is 5.52. The summed E-state index contributed by atoms with van der Waals surface area (Å²) < 4.78 is 14.7. The molecule has 4 aromatic heterocycles. The SMILES string of the molecule is Cc1cc2c3cc(C)c(Oc4[c-]c(-c5ccccn5)ccc4)[c-]c3n(-c3ncccn3)c2[c-]c1Oc1[c-]c(-c2ccccn2)ccc1.[Pt+2].[Pt+2]. The van der Waals surface area contributed by atoms with Crippen LogP contribution in [0.4, 0.5) is 0 Å². The van der Waals surface area contributed by atoms with Crippen LogP contribution < -0.4 is 9.47 Å². The van der Waals surface area contributed by atoms with Crippen LogP contribution in [-0.4, -0.2) is 24.5 Å². The molecule has 9 heteroatoms. The zero-order valence-corrected chi connectivity index (χ0v) is 30.7. The number of aryl methyl sites for hydroxylation is 2. The second-order valence-corrected chi connectivity index (χ2v) is 11.0. The summed E-state index contributed by atoms with van der Waals surface area (Å²) in [6.07, 6.45) is 6.96. The first kappa shape index (κ1) is 33.9. The number of benzene rings is 4. The van der Waals surface area contributed by atoms with Crippen molar-refractivity contribution in [2.45, 2.75) is 13.8 Å². The maximum absolute atomic E-state index is 6.40. The van der Waals surface area contributed by atoms with Crippen molar-refractivity contribution in [3.63, 3.8) is 0 Å². The fraction of sp³-hybridized carbons (Fsp3) is 0.0500. The molecule has 0 saturated heterocycles. The molecule has 242 valence electrons. The molecular weight excluding hydrogens is 973 g/mol. The summed E-state index contributed by atoms with van der Waals surface area (Å²) in [4.78, 5) is 18.1. The van der Waals surface area contributed by atoms with Gasteiger partial charge in [0.1, 0.15) is 0 Å². The molecule has 8 rings (SSSR count). The molecule has 8 aromatic rings. The molecule has 0 bridgehead atoms. The average Bonchev–Trinajstić information content (AvgIpc) is 3.41. The van der Waals surface area contributed by atoms with Gasteiger partial charge in [-0.15, -0.1) is 70.8 Å². The van der Waals surface area contributed by atoms with Gasteiger partial charge in [-0.05, 0) is 29.6 Å². The molecule has 0 amide bonds. The molecule has 0 spiro atoms. The van der Waals surface area contributed by atoms with Crippen LogP contribution in [0.15, 0.2) is 116 Å². The van der Waals surface area contributed by atoms with Crippen molar-refractivity contribution in [1.29, 1.82) is 0 Å². The molecule has 0 saturated carbocycles. The summed E-state index contributed by atoms with van der Waals surface area (Å²) >= 11 is 0. The van der Waals surface area contributed by atoms with Gasteiger partial charge in [0.15, 0.2) is 0 Å². The van der Waals surface area contributed by atoms with Crippen LogP contribution in [0, 0.1) is 38.1 Å². The third-order valence-electron chi connectivity index (χ3n) is 7.74. The van der Waals surface area contributed by atoms with Gasteiger partial charge in [-0.1, -0.05) is 61.3 Å². The third kappa shape index (κ3) is 6.83. The number of aromatic nitrogens is 5. The quantitative estimate of drug-likeness (QED) is 0.149. The topological polar surface area (TPSA) is 75.0 Å². The number of fused-ring (bicyclic) bond motifs is 3. The number of pyridine rings is 2. The van der Waals surface area contributed by atoms with Gasteiger partial charge in [-0.3, -0.25) is 0 Å². The molecule has 0 radical (unpaired) electrons. The Morgan fingerprint density at radius 2 is 0.980 bits per heavy atom. The summed E-state index contributed by atoms with van der Waals surface area (Å²) in [6, 6.07) is 42.8. The Bertz CT molecular complexity index is 2240. The summed E-state index contributed by atoms with van der Waals surface area (Å²) in [5.41, 5.74) is 6.67. The molecular formula is C40H25N5O2Pt2. The molecule has 0 aliphatic heterocycles. The third-order valence-corrected chi connectivity index (χ3v) is 7.74. The minimum Gasteiger partial charge on any atom is -0.503 e. The molecule has 0 N–H and O–H groups in total. The summed E-state index contributed by atoms with van der Waals surface area (Å²) in [6.45, 7) is 4.02. The summed E-state index contributed by atoms with van der Waals surface area (Å²) in [5, 5.41) is 1.94. The van der Waals surface area contributed by atoms with Crippen molar-refractivity contribution in [2.24, 2.45) is 0 Å². The molecule has 49 heavy (non-hydrogen) atoms. The standard InChI is InChI=1S/C40H25N5O2.2Pt/c1-26-20-32-33-21-27(2)39(47-31-13-8-11-29(23-31)35-15-4-6-17-42-35)25-37(33)45(40-43-18-9-19-44-40)36(32)24-38(26)46-30-12-7-10-28(22-30)34-14-3-5-16-41-34;;/h3-21H,1-2H3;;/q-4;2*+2. The zero-order valence-electron chi connectivity index (χ0n) is 26.2. The van der Waals surface area contributed by atoms with Crippen molar-refractivity contribution in [3.8, 4) is 51.5 Å². The van der Waals surface area contributed by atoms with E-state index in [0.29, 0.717) is 28.9 Å². The molecule has 7 nitrogen and oxygen atoms in total. The van der Waals surface area contributed by atoms with Crippen LogP contribution >= 0.6 is 0 Å². The van der Waals surface area contributed by atoms with Crippen LogP contribution in [0.25, 0.3) is 50.3 Å². The van der Waals surface area contributed by atoms with E-state index >= 15 is 0 Å². The minimum absolute atomic E-state index is 0. The van der Waals surface area contributed by atoms with E-state index < -0.39 is 0 Å². The fourth-order valence-electron chi connectivity index (χ4n) is 5.52. The Hall–Kier alpha value is -4.96. The van der Waals surface area contributed by atoms with E-state index in [9.17, 15) is 0 Å². The van der Waals surface area contributed by atoms with Gasteiger partial charge in [0, 0.05) is 47.8 Å². The molecule has 0 aliphatic carbocycles. The first-order valence-electron chi connectivity index (χ1n) is 15.1. The van der Waals surface area contributed by atoms with E-state index in [2.05, 4.69) is 56.3 Å². The Morgan fingerprint density at radius 1 is 0.510 bits per heavy atom. The first-order valence-corrected chi connectivity index (χ1v) is 15.1. The van der Waals surface area contributed by atoms with Crippen LogP contribution in [0.5, 0.6) is 23.0 Å². The van der Waals surface area contributed by atoms with E-state index in [0.717, 1.165) is 55.4 Å². The van der Waals surface area contributed by atoms with Crippen molar-refractivity contribution >= 4 is 21.8 Å². The molecule has 0 atom stereocenters. The molecule has 4 aromatic carbocycles. The zero-order chi connectivity index (χ0) is 31.7. The number of ether oxygens (including phenoxy) is 2. The minimum atomic E-state index is 0. The Morgan fingerprint density at radius 3 is 1.43 bits per heavy atom. The van der Waals surface area contributed by atoms with E-state index in [4.69, 9.17) is 9.47 Å². The number of nitrogens with zero attached hydrogens (tertiary/aromatic N) is 5. The number of hydrogen-bond donors (Lipinski definition) is 0. The van der Waals surface area contributed by atoms with Crippen molar-refractivity contribution in [3.05, 3.63) is 151 Å². The number of rotatable bonds is 7. The molecule has 0 unspecified atom stereocenters.